The number of methoxy groups -OCH3 is 2. The largest absolute Gasteiger partial charge is 0.482 e. The Hall–Kier alpha value is -1.67. The summed E-state index contributed by atoms with van der Waals surface area (Å²) in [5, 5.41) is 1.93. The molecule has 0 aliphatic heterocycles. The van der Waals surface area contributed by atoms with Crippen molar-refractivity contribution < 1.29 is 19.0 Å². The Kier molecular flexibility index (Phi) is 8.50. The number of halogens is 1. The second-order valence-electron chi connectivity index (χ2n) is 6.25. The summed E-state index contributed by atoms with van der Waals surface area (Å²) >= 11 is 7.34. The van der Waals surface area contributed by atoms with Crippen LogP contribution in [0.25, 0.3) is 0 Å². The van der Waals surface area contributed by atoms with E-state index in [0.717, 1.165) is 18.7 Å². The van der Waals surface area contributed by atoms with Crippen molar-refractivity contribution in [2.45, 2.75) is 25.5 Å². The molecule has 148 valence electrons. The maximum atomic E-state index is 11.1. The van der Waals surface area contributed by atoms with Gasteiger partial charge in [-0.25, -0.2) is 9.78 Å². The Balaban J connectivity index is 1.87. The van der Waals surface area contributed by atoms with Crippen molar-refractivity contribution in [3.8, 4) is 5.75 Å². The third kappa shape index (κ3) is 6.77. The first-order chi connectivity index (χ1) is 12.9. The average molecular weight is 413 g/mol. The summed E-state index contributed by atoms with van der Waals surface area (Å²) in [5.74, 6) is 0.244. The van der Waals surface area contributed by atoms with Crippen molar-refractivity contribution in [3.05, 3.63) is 45.4 Å². The van der Waals surface area contributed by atoms with Crippen LogP contribution in [0.2, 0.25) is 4.47 Å². The Morgan fingerprint density at radius 2 is 2.00 bits per heavy atom. The Morgan fingerprint density at radius 1 is 1.30 bits per heavy atom. The molecule has 0 N–H and O–H groups in total. The van der Waals surface area contributed by atoms with Crippen LogP contribution in [0.1, 0.15) is 24.3 Å². The van der Waals surface area contributed by atoms with Gasteiger partial charge in [-0.3, -0.25) is 0 Å². The number of thiazole rings is 1. The fourth-order valence-corrected chi connectivity index (χ4v) is 3.37. The highest BCUT2D eigenvalue weighted by atomic mass is 35.5. The van der Waals surface area contributed by atoms with Crippen LogP contribution in [0, 0.1) is 0 Å². The van der Waals surface area contributed by atoms with Gasteiger partial charge in [-0.2, -0.15) is 0 Å². The number of carbonyl (C=O) groups excluding carboxylic acids is 1. The summed E-state index contributed by atoms with van der Waals surface area (Å²) < 4.78 is 16.0. The standard InChI is InChI=1S/C19H25ClN2O4S/c1-13(22(2)10-17(24-3)16-12-27-19(20)21-16)9-14-5-7-15(8-6-14)26-11-18(23)25-4/h5-8,12-13,17H,9-11H2,1-4H3. The van der Waals surface area contributed by atoms with Crippen molar-refractivity contribution in [2.24, 2.45) is 0 Å². The molecule has 0 fully saturated rings. The van der Waals surface area contributed by atoms with E-state index in [4.69, 9.17) is 21.1 Å². The molecule has 0 saturated carbocycles. The van der Waals surface area contributed by atoms with Crippen LogP contribution in [-0.4, -0.2) is 56.3 Å². The first-order valence-electron chi connectivity index (χ1n) is 8.55. The maximum Gasteiger partial charge on any atom is 0.343 e. The zero-order chi connectivity index (χ0) is 19.8. The fraction of sp³-hybridized carbons (Fsp3) is 0.474. The number of aromatic nitrogens is 1. The summed E-state index contributed by atoms with van der Waals surface area (Å²) in [4.78, 5) is 17.7. The van der Waals surface area contributed by atoms with Gasteiger partial charge in [0.05, 0.1) is 12.8 Å². The highest BCUT2D eigenvalue weighted by Gasteiger charge is 2.19. The first kappa shape index (κ1) is 21.6. The molecule has 8 heteroatoms. The summed E-state index contributed by atoms with van der Waals surface area (Å²) in [5.41, 5.74) is 2.05. The molecular weight excluding hydrogens is 388 g/mol. The predicted octanol–water partition coefficient (Wildman–Crippen LogP) is 3.60. The zero-order valence-electron chi connectivity index (χ0n) is 16.0. The smallest absolute Gasteiger partial charge is 0.343 e. The molecule has 2 rings (SSSR count). The number of ether oxygens (including phenoxy) is 3. The second-order valence-corrected chi connectivity index (χ2v) is 7.69. The minimum Gasteiger partial charge on any atom is -0.482 e. The summed E-state index contributed by atoms with van der Waals surface area (Å²) in [6, 6.07) is 8.04. The lowest BCUT2D eigenvalue weighted by atomic mass is 10.1. The molecule has 0 radical (unpaired) electrons. The van der Waals surface area contributed by atoms with E-state index < -0.39 is 5.97 Å². The second kappa shape index (κ2) is 10.6. The number of likely N-dealkylation sites (N-methyl/N-ethyl adjacent to an activating group) is 1. The van der Waals surface area contributed by atoms with E-state index in [2.05, 4.69) is 28.6 Å². The van der Waals surface area contributed by atoms with Gasteiger partial charge in [-0.1, -0.05) is 23.7 Å². The van der Waals surface area contributed by atoms with Crippen LogP contribution in [0.4, 0.5) is 0 Å². The molecule has 6 nitrogen and oxygen atoms in total. The number of esters is 1. The van der Waals surface area contributed by atoms with Gasteiger partial charge in [-0.05, 0) is 38.1 Å². The molecule has 0 saturated heterocycles. The molecule has 1 aromatic heterocycles. The van der Waals surface area contributed by atoms with Gasteiger partial charge in [-0.15, -0.1) is 11.3 Å². The minimum atomic E-state index is -0.400. The maximum absolute atomic E-state index is 11.1. The molecular formula is C19H25ClN2O4S. The van der Waals surface area contributed by atoms with Gasteiger partial charge in [0.1, 0.15) is 11.9 Å². The van der Waals surface area contributed by atoms with E-state index in [1.54, 1.807) is 7.11 Å². The molecule has 0 amide bonds. The molecule has 0 bridgehead atoms. The number of hydrogen-bond donors (Lipinski definition) is 0. The zero-order valence-corrected chi connectivity index (χ0v) is 17.5. The monoisotopic (exact) mass is 412 g/mol. The molecule has 0 spiro atoms. The van der Waals surface area contributed by atoms with E-state index in [9.17, 15) is 4.79 Å². The molecule has 1 aromatic carbocycles. The van der Waals surface area contributed by atoms with E-state index >= 15 is 0 Å². The highest BCUT2D eigenvalue weighted by Crippen LogP contribution is 2.24. The number of rotatable bonds is 10. The van der Waals surface area contributed by atoms with Crippen LogP contribution in [0.3, 0.4) is 0 Å². The molecule has 2 aromatic rings. The summed E-state index contributed by atoms with van der Waals surface area (Å²) in [7, 11) is 5.09. The Labute approximate surface area is 169 Å². The molecule has 2 atom stereocenters. The predicted molar refractivity (Wildman–Crippen MR) is 107 cm³/mol. The van der Waals surface area contributed by atoms with Gasteiger partial charge < -0.3 is 19.1 Å². The van der Waals surface area contributed by atoms with Crippen molar-refractivity contribution in [3.63, 3.8) is 0 Å². The van der Waals surface area contributed by atoms with Gasteiger partial charge in [0, 0.05) is 25.1 Å². The van der Waals surface area contributed by atoms with Gasteiger partial charge in [0.15, 0.2) is 11.1 Å². The van der Waals surface area contributed by atoms with E-state index in [1.807, 2.05) is 29.6 Å². The van der Waals surface area contributed by atoms with Crippen molar-refractivity contribution in [2.75, 3.05) is 34.4 Å². The molecule has 1 heterocycles. The number of nitrogens with zero attached hydrogens (tertiary/aromatic N) is 2. The van der Waals surface area contributed by atoms with Crippen LogP contribution >= 0.6 is 22.9 Å². The fourth-order valence-electron chi connectivity index (χ4n) is 2.56. The third-order valence-corrected chi connectivity index (χ3v) is 5.35. The third-order valence-electron chi connectivity index (χ3n) is 4.35. The SMILES string of the molecule is COC(=O)COc1ccc(CC(C)N(C)CC(OC)c2csc(Cl)n2)cc1. The lowest BCUT2D eigenvalue weighted by Gasteiger charge is -2.28. The van der Waals surface area contributed by atoms with Crippen LogP contribution < -0.4 is 4.74 Å². The minimum absolute atomic E-state index is 0.0893. The van der Waals surface area contributed by atoms with Crippen molar-refractivity contribution >= 4 is 28.9 Å². The molecule has 2 unspecified atom stereocenters. The topological polar surface area (TPSA) is 60.9 Å². The Morgan fingerprint density at radius 3 is 2.56 bits per heavy atom. The molecule has 0 aliphatic carbocycles. The summed E-state index contributed by atoms with van der Waals surface area (Å²) in [6.45, 7) is 2.80. The Bertz CT molecular complexity index is 723. The average Bonchev–Trinajstić information content (AvgIpc) is 3.11. The van der Waals surface area contributed by atoms with E-state index in [-0.39, 0.29) is 12.7 Å². The van der Waals surface area contributed by atoms with Crippen LogP contribution in [0.5, 0.6) is 5.75 Å². The normalized spacial score (nSPS) is 13.4. The number of benzene rings is 1. The van der Waals surface area contributed by atoms with Gasteiger partial charge in [0.2, 0.25) is 0 Å². The van der Waals surface area contributed by atoms with Gasteiger partial charge in [0.25, 0.3) is 0 Å². The van der Waals surface area contributed by atoms with E-state index in [0.29, 0.717) is 16.3 Å². The van der Waals surface area contributed by atoms with Crippen LogP contribution in [-0.2, 0) is 20.7 Å². The number of hydrogen-bond acceptors (Lipinski definition) is 7. The quantitative estimate of drug-likeness (QED) is 0.555. The molecule has 27 heavy (non-hydrogen) atoms. The first-order valence-corrected chi connectivity index (χ1v) is 9.81. The lowest BCUT2D eigenvalue weighted by molar-refractivity contribution is -0.142. The molecule has 0 aliphatic rings. The van der Waals surface area contributed by atoms with Crippen molar-refractivity contribution in [1.29, 1.82) is 0 Å². The van der Waals surface area contributed by atoms with E-state index in [1.165, 1.54) is 24.0 Å². The lowest BCUT2D eigenvalue weighted by Crippen LogP contribution is -2.35. The van der Waals surface area contributed by atoms with Crippen molar-refractivity contribution in [1.82, 2.24) is 9.88 Å². The summed E-state index contributed by atoms with van der Waals surface area (Å²) in [6.07, 6.45) is 0.762. The van der Waals surface area contributed by atoms with Gasteiger partial charge >= 0.3 is 5.97 Å². The number of carbonyl (C=O) groups is 1. The highest BCUT2D eigenvalue weighted by molar-refractivity contribution is 7.13. The van der Waals surface area contributed by atoms with Crippen LogP contribution in [0.15, 0.2) is 29.6 Å².